The van der Waals surface area contributed by atoms with Crippen LogP contribution in [0.1, 0.15) is 12.0 Å². The van der Waals surface area contributed by atoms with Gasteiger partial charge in [-0.3, -0.25) is 5.10 Å². The first-order valence-electron chi connectivity index (χ1n) is 8.72. The average molecular weight is 383 g/mol. The van der Waals surface area contributed by atoms with Crippen molar-refractivity contribution >= 4 is 32.7 Å². The van der Waals surface area contributed by atoms with E-state index in [0.29, 0.717) is 30.1 Å². The van der Waals surface area contributed by atoms with Crippen molar-refractivity contribution in [2.75, 3.05) is 31.1 Å². The topological polar surface area (TPSA) is 107 Å². The highest BCUT2D eigenvalue weighted by Gasteiger charge is 2.32. The van der Waals surface area contributed by atoms with Gasteiger partial charge in [0.1, 0.15) is 17.0 Å². The molecule has 0 bridgehead atoms. The van der Waals surface area contributed by atoms with Crippen molar-refractivity contribution in [3.8, 4) is 0 Å². The van der Waals surface area contributed by atoms with Gasteiger partial charge in [-0.05, 0) is 18.6 Å². The lowest BCUT2D eigenvalue weighted by Crippen LogP contribution is -2.35. The predicted octanol–water partition coefficient (Wildman–Crippen LogP) is 1.01. The Kier molecular flexibility index (Phi) is 3.61. The zero-order valence-corrected chi connectivity index (χ0v) is 15.2. The molecule has 1 fully saturated rings. The zero-order chi connectivity index (χ0) is 18.4. The van der Waals surface area contributed by atoms with Gasteiger partial charge in [-0.1, -0.05) is 12.1 Å². The predicted molar refractivity (Wildman–Crippen MR) is 100 cm³/mol. The molecular weight excluding hydrogens is 366 g/mol. The van der Waals surface area contributed by atoms with Crippen LogP contribution in [0.25, 0.3) is 11.0 Å². The minimum Gasteiger partial charge on any atom is -0.354 e. The third-order valence-corrected chi connectivity index (χ3v) is 6.26. The molecule has 0 atom stereocenters. The van der Waals surface area contributed by atoms with Gasteiger partial charge in [-0.2, -0.15) is 13.5 Å². The van der Waals surface area contributed by atoms with Crippen LogP contribution in [0, 0.1) is 0 Å². The average Bonchev–Trinajstić information content (AvgIpc) is 3.16. The van der Waals surface area contributed by atoms with Crippen molar-refractivity contribution in [1.82, 2.24) is 25.1 Å². The summed E-state index contributed by atoms with van der Waals surface area (Å²) in [5.41, 5.74) is 1.39. The number of rotatable bonds is 1. The summed E-state index contributed by atoms with van der Waals surface area (Å²) in [5.74, 6) is 1.39. The number of aromatic nitrogens is 4. The summed E-state index contributed by atoms with van der Waals surface area (Å²) in [6, 6.07) is 7.00. The molecule has 0 unspecified atom stereocenters. The molecule has 0 spiro atoms. The molecule has 4 heterocycles. The summed E-state index contributed by atoms with van der Waals surface area (Å²) in [4.78, 5) is 13.2. The molecule has 0 saturated carbocycles. The number of nitrogens with zero attached hydrogens (tertiary/aromatic N) is 6. The minimum absolute atomic E-state index is 0.289. The van der Waals surface area contributed by atoms with E-state index in [2.05, 4.69) is 34.4 Å². The van der Waals surface area contributed by atoms with E-state index >= 15 is 0 Å². The van der Waals surface area contributed by atoms with E-state index in [4.69, 9.17) is 0 Å². The fourth-order valence-electron chi connectivity index (χ4n) is 3.66. The molecular formula is C17H17N7O2S. The van der Waals surface area contributed by atoms with Gasteiger partial charge in [0, 0.05) is 31.7 Å². The van der Waals surface area contributed by atoms with E-state index in [1.807, 2.05) is 12.1 Å². The second-order valence-corrected chi connectivity index (χ2v) is 8.12. The molecule has 2 aromatic heterocycles. The van der Waals surface area contributed by atoms with E-state index in [0.717, 1.165) is 30.7 Å². The molecule has 0 radical (unpaired) electrons. The Morgan fingerprint density at radius 1 is 1.00 bits per heavy atom. The molecule has 27 heavy (non-hydrogen) atoms. The third kappa shape index (κ3) is 2.64. The Morgan fingerprint density at radius 2 is 1.81 bits per heavy atom. The van der Waals surface area contributed by atoms with Crippen molar-refractivity contribution in [2.24, 2.45) is 4.40 Å². The van der Waals surface area contributed by atoms with Gasteiger partial charge in [0.25, 0.3) is 10.0 Å². The summed E-state index contributed by atoms with van der Waals surface area (Å²) in [6.07, 6.45) is 4.13. The fraction of sp³-hybridized carbons (Fsp3) is 0.294. The molecule has 10 heteroatoms. The first-order chi connectivity index (χ1) is 13.1. The highest BCUT2D eigenvalue weighted by Crippen LogP contribution is 2.28. The van der Waals surface area contributed by atoms with Gasteiger partial charge in [0.2, 0.25) is 0 Å². The van der Waals surface area contributed by atoms with E-state index in [-0.39, 0.29) is 4.90 Å². The second kappa shape index (κ2) is 6.02. The summed E-state index contributed by atoms with van der Waals surface area (Å²) >= 11 is 0. The SMILES string of the molecule is O=S1(=O)N=C(N2CCCN(c3ncnc4[nH]ncc34)CC2)c2ccccc21. The van der Waals surface area contributed by atoms with Crippen LogP contribution in [0.4, 0.5) is 5.82 Å². The van der Waals surface area contributed by atoms with Crippen molar-refractivity contribution in [1.29, 1.82) is 0 Å². The highest BCUT2D eigenvalue weighted by atomic mass is 32.2. The maximum Gasteiger partial charge on any atom is 0.285 e. The first kappa shape index (κ1) is 16.2. The van der Waals surface area contributed by atoms with Crippen LogP contribution in [-0.4, -0.2) is 65.5 Å². The largest absolute Gasteiger partial charge is 0.354 e. The van der Waals surface area contributed by atoms with Crippen LogP contribution in [-0.2, 0) is 10.0 Å². The van der Waals surface area contributed by atoms with Gasteiger partial charge in [-0.25, -0.2) is 9.97 Å². The maximum absolute atomic E-state index is 12.3. The van der Waals surface area contributed by atoms with E-state index in [9.17, 15) is 8.42 Å². The van der Waals surface area contributed by atoms with Gasteiger partial charge < -0.3 is 9.80 Å². The molecule has 0 amide bonds. The van der Waals surface area contributed by atoms with E-state index < -0.39 is 10.0 Å². The quantitative estimate of drug-likeness (QED) is 0.668. The molecule has 5 rings (SSSR count). The van der Waals surface area contributed by atoms with Crippen molar-refractivity contribution < 1.29 is 8.42 Å². The Hall–Kier alpha value is -3.01. The molecule has 0 aliphatic carbocycles. The number of benzene rings is 1. The van der Waals surface area contributed by atoms with Crippen LogP contribution in [0.15, 0.2) is 46.1 Å². The Balaban J connectivity index is 1.44. The Morgan fingerprint density at radius 3 is 2.74 bits per heavy atom. The molecule has 3 aromatic rings. The number of sulfonamides is 1. The standard InChI is InChI=1S/C17H17N7O2S/c25-27(26)14-5-2-1-4-12(14)17(22-27)24-7-3-6-23(8-9-24)16-13-10-20-21-15(13)18-11-19-16/h1-2,4-5,10-11H,3,6-9H2,(H,18,19,20,21). The monoisotopic (exact) mass is 383 g/mol. The van der Waals surface area contributed by atoms with Gasteiger partial charge in [-0.15, -0.1) is 4.40 Å². The highest BCUT2D eigenvalue weighted by molar-refractivity contribution is 7.90. The number of hydrogen-bond donors (Lipinski definition) is 1. The molecule has 2 aliphatic heterocycles. The van der Waals surface area contributed by atoms with Gasteiger partial charge >= 0.3 is 0 Å². The molecule has 138 valence electrons. The molecule has 1 aromatic carbocycles. The Labute approximate surface area is 155 Å². The van der Waals surface area contributed by atoms with Crippen molar-refractivity contribution in [3.05, 3.63) is 42.4 Å². The molecule has 1 saturated heterocycles. The van der Waals surface area contributed by atoms with Gasteiger partial charge in [0.05, 0.1) is 11.6 Å². The smallest absolute Gasteiger partial charge is 0.285 e. The van der Waals surface area contributed by atoms with Crippen molar-refractivity contribution in [3.63, 3.8) is 0 Å². The van der Waals surface area contributed by atoms with E-state index in [1.165, 1.54) is 6.33 Å². The fourth-order valence-corrected chi connectivity index (χ4v) is 4.89. The normalized spacial score (nSPS) is 19.0. The molecule has 1 N–H and O–H groups in total. The summed E-state index contributed by atoms with van der Waals surface area (Å²) < 4.78 is 28.7. The van der Waals surface area contributed by atoms with Crippen LogP contribution >= 0.6 is 0 Å². The number of H-pyrrole nitrogens is 1. The number of amidine groups is 1. The maximum atomic E-state index is 12.3. The minimum atomic E-state index is -3.60. The number of anilines is 1. The van der Waals surface area contributed by atoms with E-state index in [1.54, 1.807) is 18.3 Å². The van der Waals surface area contributed by atoms with Gasteiger partial charge in [0.15, 0.2) is 11.5 Å². The lowest BCUT2D eigenvalue weighted by atomic mass is 10.2. The molecule has 9 nitrogen and oxygen atoms in total. The first-order valence-corrected chi connectivity index (χ1v) is 10.2. The van der Waals surface area contributed by atoms with Crippen LogP contribution in [0.3, 0.4) is 0 Å². The van der Waals surface area contributed by atoms with Crippen LogP contribution in [0.5, 0.6) is 0 Å². The molecule has 2 aliphatic rings. The lowest BCUT2D eigenvalue weighted by Gasteiger charge is -2.24. The number of fused-ring (bicyclic) bond motifs is 2. The third-order valence-electron chi connectivity index (χ3n) is 4.93. The number of hydrogen-bond acceptors (Lipinski definition) is 7. The number of nitrogens with one attached hydrogen (secondary N) is 1. The van der Waals surface area contributed by atoms with Crippen molar-refractivity contribution in [2.45, 2.75) is 11.3 Å². The lowest BCUT2D eigenvalue weighted by molar-refractivity contribution is 0.450. The zero-order valence-electron chi connectivity index (χ0n) is 14.4. The summed E-state index contributed by atoms with van der Waals surface area (Å²) in [5, 5.41) is 7.80. The van der Waals surface area contributed by atoms with Crippen LogP contribution in [0.2, 0.25) is 0 Å². The number of aromatic amines is 1. The second-order valence-electron chi connectivity index (χ2n) is 6.54. The Bertz CT molecular complexity index is 1150. The summed E-state index contributed by atoms with van der Waals surface area (Å²) in [6.45, 7) is 2.92. The summed E-state index contributed by atoms with van der Waals surface area (Å²) in [7, 11) is -3.60. The van der Waals surface area contributed by atoms with Crippen LogP contribution < -0.4 is 4.90 Å².